The number of piperidine rings is 1. The van der Waals surface area contributed by atoms with Crippen molar-refractivity contribution in [2.75, 3.05) is 25.1 Å². The minimum atomic E-state index is -0.0275. The van der Waals surface area contributed by atoms with E-state index in [9.17, 15) is 4.79 Å². The largest absolute Gasteiger partial charge is 0.497 e. The highest BCUT2D eigenvalue weighted by Gasteiger charge is 2.24. The van der Waals surface area contributed by atoms with E-state index in [1.807, 2.05) is 54.2 Å². The fourth-order valence-corrected chi connectivity index (χ4v) is 3.65. The summed E-state index contributed by atoms with van der Waals surface area (Å²) in [6.07, 6.45) is 3.87. The molecule has 28 heavy (non-hydrogen) atoms. The first-order valence-corrected chi connectivity index (χ1v) is 9.51. The number of methoxy groups -OCH3 is 1. The second kappa shape index (κ2) is 7.80. The van der Waals surface area contributed by atoms with Gasteiger partial charge in [-0.05, 0) is 54.8 Å². The highest BCUT2D eigenvalue weighted by atomic mass is 16.5. The van der Waals surface area contributed by atoms with Crippen LogP contribution in [0.1, 0.15) is 23.3 Å². The van der Waals surface area contributed by atoms with Crippen LogP contribution in [0.4, 0.5) is 5.82 Å². The Labute approximate surface area is 164 Å². The lowest BCUT2D eigenvalue weighted by Crippen LogP contribution is -2.48. The third-order valence-corrected chi connectivity index (χ3v) is 5.22. The third-order valence-electron chi connectivity index (χ3n) is 5.22. The van der Waals surface area contributed by atoms with Crippen LogP contribution in [-0.2, 0) is 7.05 Å². The second-order valence-corrected chi connectivity index (χ2v) is 7.13. The zero-order valence-corrected chi connectivity index (χ0v) is 16.2. The summed E-state index contributed by atoms with van der Waals surface area (Å²) in [6.45, 7) is 1.69. The van der Waals surface area contributed by atoms with Crippen LogP contribution < -0.4 is 15.0 Å². The lowest BCUT2D eigenvalue weighted by molar-refractivity contribution is 0.0925. The number of carbonyl (C=O) groups is 1. The highest BCUT2D eigenvalue weighted by Crippen LogP contribution is 2.25. The average Bonchev–Trinajstić information content (AvgIpc) is 3.37. The Morgan fingerprint density at radius 3 is 2.82 bits per heavy atom. The Bertz CT molecular complexity index is 944. The summed E-state index contributed by atoms with van der Waals surface area (Å²) < 4.78 is 7.05. The molecule has 146 valence electrons. The van der Waals surface area contributed by atoms with Crippen LogP contribution in [0.15, 0.2) is 48.7 Å². The molecule has 0 bridgehead atoms. The van der Waals surface area contributed by atoms with E-state index in [2.05, 4.69) is 26.5 Å². The highest BCUT2D eigenvalue weighted by molar-refractivity contribution is 5.93. The predicted molar refractivity (Wildman–Crippen MR) is 109 cm³/mol. The number of ether oxygens (including phenoxy) is 1. The fourth-order valence-electron chi connectivity index (χ4n) is 3.65. The van der Waals surface area contributed by atoms with E-state index in [1.54, 1.807) is 7.11 Å². The molecule has 0 spiro atoms. The van der Waals surface area contributed by atoms with Gasteiger partial charge in [-0.15, -0.1) is 0 Å². The average molecular weight is 379 g/mol. The number of rotatable bonds is 5. The zero-order valence-electron chi connectivity index (χ0n) is 16.2. The fraction of sp³-hybridized carbons (Fsp3) is 0.333. The van der Waals surface area contributed by atoms with Gasteiger partial charge in [-0.3, -0.25) is 9.89 Å². The molecule has 4 rings (SSSR count). The minimum absolute atomic E-state index is 0.0275. The summed E-state index contributed by atoms with van der Waals surface area (Å²) in [6, 6.07) is 13.8. The van der Waals surface area contributed by atoms with Crippen molar-refractivity contribution in [3.05, 3.63) is 54.4 Å². The zero-order chi connectivity index (χ0) is 19.5. The van der Waals surface area contributed by atoms with Crippen molar-refractivity contribution < 1.29 is 9.53 Å². The monoisotopic (exact) mass is 379 g/mol. The van der Waals surface area contributed by atoms with Crippen LogP contribution in [-0.4, -0.2) is 46.9 Å². The molecule has 1 amide bonds. The summed E-state index contributed by atoms with van der Waals surface area (Å²) in [5.41, 5.74) is 2.71. The Balaban J connectivity index is 1.42. The standard InChI is InChI=1S/C21H25N5O2/c1-25-11-4-6-19(25)21(27)22-16-5-3-12-26(14-16)20-13-18(23-24-20)15-7-9-17(28-2)10-8-15/h4,6-11,13,16H,3,5,12,14H2,1-2H3,(H,22,27)(H,23,24)/t16-/m0/s1. The second-order valence-electron chi connectivity index (χ2n) is 7.13. The molecule has 1 aromatic carbocycles. The quantitative estimate of drug-likeness (QED) is 0.715. The molecular formula is C21H25N5O2. The predicted octanol–water partition coefficient (Wildman–Crippen LogP) is 2.82. The number of hydrogen-bond acceptors (Lipinski definition) is 4. The van der Waals surface area contributed by atoms with Gasteiger partial charge in [0.15, 0.2) is 5.82 Å². The molecule has 0 aliphatic carbocycles. The normalized spacial score (nSPS) is 16.8. The van der Waals surface area contributed by atoms with Gasteiger partial charge in [-0.2, -0.15) is 5.10 Å². The SMILES string of the molecule is COc1ccc(-c2cc(N3CCC[C@H](NC(=O)c4cccn4C)C3)n[nH]2)cc1. The van der Waals surface area contributed by atoms with Gasteiger partial charge in [0.25, 0.3) is 5.91 Å². The summed E-state index contributed by atoms with van der Waals surface area (Å²) in [7, 11) is 3.54. The number of anilines is 1. The van der Waals surface area contributed by atoms with E-state index in [1.165, 1.54) is 0 Å². The maximum atomic E-state index is 12.5. The van der Waals surface area contributed by atoms with Gasteiger partial charge < -0.3 is 19.5 Å². The molecule has 3 heterocycles. The maximum Gasteiger partial charge on any atom is 0.268 e. The molecule has 1 saturated heterocycles. The number of amides is 1. The number of aromatic nitrogens is 3. The summed E-state index contributed by atoms with van der Waals surface area (Å²) >= 11 is 0. The first kappa shape index (κ1) is 18.2. The topological polar surface area (TPSA) is 75.2 Å². The number of H-pyrrole nitrogens is 1. The number of carbonyl (C=O) groups excluding carboxylic acids is 1. The molecule has 1 fully saturated rings. The number of nitrogens with zero attached hydrogens (tertiary/aromatic N) is 3. The number of nitrogens with one attached hydrogen (secondary N) is 2. The summed E-state index contributed by atoms with van der Waals surface area (Å²) in [4.78, 5) is 14.7. The van der Waals surface area contributed by atoms with Gasteiger partial charge in [-0.25, -0.2) is 0 Å². The summed E-state index contributed by atoms with van der Waals surface area (Å²) in [5.74, 6) is 1.71. The van der Waals surface area contributed by atoms with Gasteiger partial charge in [-0.1, -0.05) is 0 Å². The molecule has 1 atom stereocenters. The van der Waals surface area contributed by atoms with Crippen molar-refractivity contribution in [1.29, 1.82) is 0 Å². The van der Waals surface area contributed by atoms with Gasteiger partial charge in [0.1, 0.15) is 11.4 Å². The van der Waals surface area contributed by atoms with Crippen molar-refractivity contribution in [2.24, 2.45) is 7.05 Å². The van der Waals surface area contributed by atoms with E-state index in [0.29, 0.717) is 5.69 Å². The first-order chi connectivity index (χ1) is 13.6. The molecule has 3 aromatic rings. The van der Waals surface area contributed by atoms with E-state index < -0.39 is 0 Å². The van der Waals surface area contributed by atoms with Crippen molar-refractivity contribution >= 4 is 11.7 Å². The third kappa shape index (κ3) is 3.74. The van der Waals surface area contributed by atoms with Crippen LogP contribution in [0.25, 0.3) is 11.3 Å². The molecule has 7 heteroatoms. The maximum absolute atomic E-state index is 12.5. The van der Waals surface area contributed by atoms with Crippen LogP contribution in [0.5, 0.6) is 5.75 Å². The van der Waals surface area contributed by atoms with Crippen molar-refractivity contribution in [1.82, 2.24) is 20.1 Å². The lowest BCUT2D eigenvalue weighted by Gasteiger charge is -2.33. The molecule has 1 aliphatic heterocycles. The number of aromatic amines is 1. The number of aryl methyl sites for hydroxylation is 1. The molecule has 7 nitrogen and oxygen atoms in total. The van der Waals surface area contributed by atoms with Gasteiger partial charge in [0, 0.05) is 38.4 Å². The summed E-state index contributed by atoms with van der Waals surface area (Å²) in [5, 5.41) is 10.8. The first-order valence-electron chi connectivity index (χ1n) is 9.51. The van der Waals surface area contributed by atoms with Crippen LogP contribution in [0.3, 0.4) is 0 Å². The molecule has 0 radical (unpaired) electrons. The van der Waals surface area contributed by atoms with E-state index in [0.717, 1.165) is 48.8 Å². The molecule has 0 unspecified atom stereocenters. The van der Waals surface area contributed by atoms with Gasteiger partial charge >= 0.3 is 0 Å². The minimum Gasteiger partial charge on any atom is -0.497 e. The van der Waals surface area contributed by atoms with Gasteiger partial charge in [0.05, 0.1) is 12.8 Å². The van der Waals surface area contributed by atoms with E-state index in [-0.39, 0.29) is 11.9 Å². The Kier molecular flexibility index (Phi) is 5.06. The molecular weight excluding hydrogens is 354 g/mol. The molecule has 0 saturated carbocycles. The molecule has 2 aromatic heterocycles. The van der Waals surface area contributed by atoms with Crippen LogP contribution in [0.2, 0.25) is 0 Å². The van der Waals surface area contributed by atoms with Crippen molar-refractivity contribution in [2.45, 2.75) is 18.9 Å². The van der Waals surface area contributed by atoms with Crippen LogP contribution in [0, 0.1) is 0 Å². The molecule has 1 aliphatic rings. The van der Waals surface area contributed by atoms with E-state index in [4.69, 9.17) is 4.74 Å². The number of hydrogen-bond donors (Lipinski definition) is 2. The van der Waals surface area contributed by atoms with Crippen molar-refractivity contribution in [3.8, 4) is 17.0 Å². The Hall–Kier alpha value is -3.22. The number of benzene rings is 1. The molecule has 2 N–H and O–H groups in total. The van der Waals surface area contributed by atoms with Gasteiger partial charge in [0.2, 0.25) is 0 Å². The van der Waals surface area contributed by atoms with Crippen molar-refractivity contribution in [3.63, 3.8) is 0 Å². The Morgan fingerprint density at radius 2 is 2.11 bits per heavy atom. The lowest BCUT2D eigenvalue weighted by atomic mass is 10.1. The Morgan fingerprint density at radius 1 is 1.29 bits per heavy atom. The van der Waals surface area contributed by atoms with Crippen LogP contribution >= 0.6 is 0 Å². The van der Waals surface area contributed by atoms with E-state index >= 15 is 0 Å². The smallest absolute Gasteiger partial charge is 0.268 e.